The lowest BCUT2D eigenvalue weighted by Crippen LogP contribution is -2.00. The van der Waals surface area contributed by atoms with Gasteiger partial charge in [0.2, 0.25) is 0 Å². The summed E-state index contributed by atoms with van der Waals surface area (Å²) in [6.07, 6.45) is 1.35. The van der Waals surface area contributed by atoms with Crippen LogP contribution in [0.4, 0.5) is 15.9 Å². The first-order valence-corrected chi connectivity index (χ1v) is 4.88. The molecule has 2 aromatic rings. The predicted molar refractivity (Wildman–Crippen MR) is 60.9 cm³/mol. The second-order valence-corrected chi connectivity index (χ2v) is 3.34. The Morgan fingerprint density at radius 3 is 2.76 bits per heavy atom. The second kappa shape index (κ2) is 4.61. The number of hydrogen-bond acceptors (Lipinski definition) is 3. The highest BCUT2D eigenvalue weighted by molar-refractivity contribution is 5.88. The Morgan fingerprint density at radius 2 is 2.06 bits per heavy atom. The molecule has 0 fully saturated rings. The SMILES string of the molecule is O=C(O)c1ccnc(Nc2ccccc2F)c1. The molecule has 1 aromatic carbocycles. The molecule has 0 bridgehead atoms. The molecule has 0 saturated carbocycles. The standard InChI is InChI=1S/C12H9FN2O2/c13-9-3-1-2-4-10(9)15-11-7-8(12(16)17)5-6-14-11/h1-7H,(H,14,15)(H,16,17). The Morgan fingerprint density at radius 1 is 1.29 bits per heavy atom. The molecule has 1 heterocycles. The number of carbonyl (C=O) groups is 1. The molecule has 5 heteroatoms. The largest absolute Gasteiger partial charge is 0.478 e. The van der Waals surface area contributed by atoms with Crippen LogP contribution >= 0.6 is 0 Å². The maximum atomic E-state index is 13.3. The number of carboxylic acids is 1. The van der Waals surface area contributed by atoms with Gasteiger partial charge in [-0.1, -0.05) is 12.1 Å². The molecule has 0 amide bonds. The molecule has 4 nitrogen and oxygen atoms in total. The summed E-state index contributed by atoms with van der Waals surface area (Å²) in [6.45, 7) is 0. The van der Waals surface area contributed by atoms with Crippen LogP contribution in [0.2, 0.25) is 0 Å². The van der Waals surface area contributed by atoms with E-state index in [0.717, 1.165) is 0 Å². The van der Waals surface area contributed by atoms with Crippen LogP contribution in [0.1, 0.15) is 10.4 Å². The number of anilines is 2. The number of halogens is 1. The minimum atomic E-state index is -1.05. The van der Waals surface area contributed by atoms with E-state index in [9.17, 15) is 9.18 Å². The summed E-state index contributed by atoms with van der Waals surface area (Å²) in [5.74, 6) is -1.19. The van der Waals surface area contributed by atoms with Gasteiger partial charge in [0.25, 0.3) is 0 Å². The van der Waals surface area contributed by atoms with Crippen LogP contribution in [0.3, 0.4) is 0 Å². The van der Waals surface area contributed by atoms with Crippen LogP contribution in [-0.4, -0.2) is 16.1 Å². The van der Waals surface area contributed by atoms with E-state index in [1.807, 2.05) is 0 Å². The van der Waals surface area contributed by atoms with E-state index in [1.54, 1.807) is 18.2 Å². The van der Waals surface area contributed by atoms with Crippen molar-refractivity contribution < 1.29 is 14.3 Å². The van der Waals surface area contributed by atoms with Gasteiger partial charge in [0, 0.05) is 6.20 Å². The Kier molecular flexibility index (Phi) is 3.00. The monoisotopic (exact) mass is 232 g/mol. The van der Waals surface area contributed by atoms with Crippen LogP contribution in [-0.2, 0) is 0 Å². The highest BCUT2D eigenvalue weighted by Gasteiger charge is 2.06. The van der Waals surface area contributed by atoms with Crippen LogP contribution in [0.25, 0.3) is 0 Å². The van der Waals surface area contributed by atoms with E-state index in [0.29, 0.717) is 0 Å². The lowest BCUT2D eigenvalue weighted by molar-refractivity contribution is 0.0697. The van der Waals surface area contributed by atoms with E-state index in [1.165, 1.54) is 24.4 Å². The molecule has 0 aliphatic rings. The summed E-state index contributed by atoms with van der Waals surface area (Å²) in [6, 6.07) is 8.81. The minimum absolute atomic E-state index is 0.0961. The number of carboxylic acid groups (broad SMARTS) is 1. The van der Waals surface area contributed by atoms with Crippen molar-refractivity contribution in [3.8, 4) is 0 Å². The normalized spacial score (nSPS) is 9.94. The van der Waals surface area contributed by atoms with Crippen LogP contribution in [0.5, 0.6) is 0 Å². The molecule has 17 heavy (non-hydrogen) atoms. The quantitative estimate of drug-likeness (QED) is 0.853. The van der Waals surface area contributed by atoms with Gasteiger partial charge in [-0.15, -0.1) is 0 Å². The third-order valence-corrected chi connectivity index (χ3v) is 2.14. The van der Waals surface area contributed by atoms with Gasteiger partial charge in [0.05, 0.1) is 11.3 Å². The topological polar surface area (TPSA) is 62.2 Å². The fourth-order valence-corrected chi connectivity index (χ4v) is 1.33. The maximum Gasteiger partial charge on any atom is 0.335 e. The smallest absolute Gasteiger partial charge is 0.335 e. The lowest BCUT2D eigenvalue weighted by atomic mass is 10.2. The van der Waals surface area contributed by atoms with Crippen molar-refractivity contribution in [2.24, 2.45) is 0 Å². The minimum Gasteiger partial charge on any atom is -0.478 e. The third-order valence-electron chi connectivity index (χ3n) is 2.14. The van der Waals surface area contributed by atoms with E-state index < -0.39 is 11.8 Å². The number of nitrogens with zero attached hydrogens (tertiary/aromatic N) is 1. The van der Waals surface area contributed by atoms with Crippen molar-refractivity contribution in [3.05, 3.63) is 54.0 Å². The zero-order valence-electron chi connectivity index (χ0n) is 8.72. The van der Waals surface area contributed by atoms with Crippen molar-refractivity contribution in [1.82, 2.24) is 4.98 Å². The Balaban J connectivity index is 2.28. The average molecular weight is 232 g/mol. The van der Waals surface area contributed by atoms with Crippen molar-refractivity contribution in [1.29, 1.82) is 0 Å². The van der Waals surface area contributed by atoms with Gasteiger partial charge in [-0.05, 0) is 24.3 Å². The van der Waals surface area contributed by atoms with Crippen molar-refractivity contribution in [3.63, 3.8) is 0 Å². The van der Waals surface area contributed by atoms with E-state index in [2.05, 4.69) is 10.3 Å². The zero-order chi connectivity index (χ0) is 12.3. The summed E-state index contributed by atoms with van der Waals surface area (Å²) >= 11 is 0. The van der Waals surface area contributed by atoms with Crippen LogP contribution in [0, 0.1) is 5.82 Å². The summed E-state index contributed by atoms with van der Waals surface area (Å²) in [7, 11) is 0. The Bertz CT molecular complexity index is 558. The van der Waals surface area contributed by atoms with E-state index in [-0.39, 0.29) is 17.1 Å². The third kappa shape index (κ3) is 2.57. The summed E-state index contributed by atoms with van der Waals surface area (Å²) in [5, 5.41) is 11.5. The summed E-state index contributed by atoms with van der Waals surface area (Å²) in [4.78, 5) is 14.7. The molecule has 1 aromatic heterocycles. The molecule has 0 spiro atoms. The van der Waals surface area contributed by atoms with Gasteiger partial charge in [-0.3, -0.25) is 0 Å². The highest BCUT2D eigenvalue weighted by Crippen LogP contribution is 2.18. The molecule has 0 atom stereocenters. The second-order valence-electron chi connectivity index (χ2n) is 3.34. The fraction of sp³-hybridized carbons (Fsp3) is 0. The molecule has 0 aliphatic heterocycles. The highest BCUT2D eigenvalue weighted by atomic mass is 19.1. The Hall–Kier alpha value is -2.43. The van der Waals surface area contributed by atoms with Crippen LogP contribution < -0.4 is 5.32 Å². The number of hydrogen-bond donors (Lipinski definition) is 2. The first-order chi connectivity index (χ1) is 8.16. The predicted octanol–water partition coefficient (Wildman–Crippen LogP) is 2.66. The molecule has 2 rings (SSSR count). The van der Waals surface area contributed by atoms with Gasteiger partial charge in [-0.25, -0.2) is 14.2 Å². The molecule has 0 saturated heterocycles. The number of nitrogens with one attached hydrogen (secondary N) is 1. The molecule has 2 N–H and O–H groups in total. The fourth-order valence-electron chi connectivity index (χ4n) is 1.33. The van der Waals surface area contributed by atoms with Crippen molar-refractivity contribution >= 4 is 17.5 Å². The number of rotatable bonds is 3. The number of para-hydroxylation sites is 1. The number of aromatic carboxylic acids is 1. The van der Waals surface area contributed by atoms with Crippen LogP contribution in [0.15, 0.2) is 42.6 Å². The number of benzene rings is 1. The molecule has 0 radical (unpaired) electrons. The molecule has 0 aliphatic carbocycles. The average Bonchev–Trinajstić information content (AvgIpc) is 2.32. The molecular weight excluding hydrogens is 223 g/mol. The van der Waals surface area contributed by atoms with Gasteiger partial charge in [0.1, 0.15) is 11.6 Å². The number of aromatic nitrogens is 1. The van der Waals surface area contributed by atoms with Gasteiger partial charge in [-0.2, -0.15) is 0 Å². The molecular formula is C12H9FN2O2. The van der Waals surface area contributed by atoms with Gasteiger partial charge >= 0.3 is 5.97 Å². The number of pyridine rings is 1. The van der Waals surface area contributed by atoms with E-state index in [4.69, 9.17) is 5.11 Å². The summed E-state index contributed by atoms with van der Waals surface area (Å²) < 4.78 is 13.3. The molecule has 86 valence electrons. The van der Waals surface area contributed by atoms with Crippen molar-refractivity contribution in [2.75, 3.05) is 5.32 Å². The lowest BCUT2D eigenvalue weighted by Gasteiger charge is -2.06. The van der Waals surface area contributed by atoms with Crippen molar-refractivity contribution in [2.45, 2.75) is 0 Å². The summed E-state index contributed by atoms with van der Waals surface area (Å²) in [5.41, 5.74) is 0.348. The first kappa shape index (κ1) is 11.1. The maximum absolute atomic E-state index is 13.3. The Labute approximate surface area is 96.7 Å². The van der Waals surface area contributed by atoms with Gasteiger partial charge in [0.15, 0.2) is 0 Å². The van der Waals surface area contributed by atoms with E-state index >= 15 is 0 Å². The first-order valence-electron chi connectivity index (χ1n) is 4.88. The molecule has 0 unspecified atom stereocenters. The zero-order valence-corrected chi connectivity index (χ0v) is 8.72. The van der Waals surface area contributed by atoms with Gasteiger partial charge < -0.3 is 10.4 Å².